The van der Waals surface area contributed by atoms with Crippen LogP contribution in [0.5, 0.6) is 5.75 Å². The van der Waals surface area contributed by atoms with Crippen molar-refractivity contribution in [3.63, 3.8) is 0 Å². The van der Waals surface area contributed by atoms with Gasteiger partial charge in [-0.05, 0) is 35.3 Å². The quantitative estimate of drug-likeness (QED) is 0.449. The largest absolute Gasteiger partial charge is 0.465 e. The molecule has 13 heavy (non-hydrogen) atoms. The van der Waals surface area contributed by atoms with Crippen LogP contribution in [-0.2, 0) is 4.74 Å². The molecule has 6 heteroatoms. The van der Waals surface area contributed by atoms with Crippen LogP contribution >= 0.6 is 35.2 Å². The first-order chi connectivity index (χ1) is 6.15. The predicted molar refractivity (Wildman–Crippen MR) is 54.7 cm³/mol. The molecule has 70 valence electrons. The van der Waals surface area contributed by atoms with E-state index in [4.69, 9.17) is 16.3 Å². The second-order valence-electron chi connectivity index (χ2n) is 1.95. The van der Waals surface area contributed by atoms with Crippen molar-refractivity contribution in [2.24, 2.45) is 0 Å². The minimum Gasteiger partial charge on any atom is -0.465 e. The van der Waals surface area contributed by atoms with Crippen molar-refractivity contribution < 1.29 is 14.3 Å². The highest BCUT2D eigenvalue weighted by Gasteiger charge is 2.15. The Labute approximate surface area is 89.2 Å². The van der Waals surface area contributed by atoms with Gasteiger partial charge in [-0.3, -0.25) is 0 Å². The number of rotatable bonds is 2. The Kier molecular flexibility index (Phi) is 3.65. The summed E-state index contributed by atoms with van der Waals surface area (Å²) in [7, 11) is 1.30. The van der Waals surface area contributed by atoms with Gasteiger partial charge >= 0.3 is 5.97 Å². The lowest BCUT2D eigenvalue weighted by Crippen LogP contribution is -2.03. The van der Waals surface area contributed by atoms with Gasteiger partial charge in [0.1, 0.15) is 0 Å². The molecule has 0 amide bonds. The van der Waals surface area contributed by atoms with Gasteiger partial charge in [-0.2, -0.15) is 0 Å². The van der Waals surface area contributed by atoms with Crippen molar-refractivity contribution in [2.45, 2.75) is 0 Å². The van der Waals surface area contributed by atoms with Gasteiger partial charge in [-0.25, -0.2) is 4.79 Å². The Bertz CT molecular complexity index is 334. The SMILES string of the molecule is COC(=O)c1sccc1OC(=S)Cl. The molecular weight excluding hydrogens is 232 g/mol. The monoisotopic (exact) mass is 236 g/mol. The zero-order valence-electron chi connectivity index (χ0n) is 6.57. The summed E-state index contributed by atoms with van der Waals surface area (Å²) in [6.45, 7) is 0. The van der Waals surface area contributed by atoms with E-state index in [-0.39, 0.29) is 4.51 Å². The Balaban J connectivity index is 2.89. The molecule has 0 aromatic carbocycles. The number of halogens is 1. The first kappa shape index (κ1) is 10.4. The molecule has 0 spiro atoms. The minimum absolute atomic E-state index is 0.149. The average Bonchev–Trinajstić information content (AvgIpc) is 2.50. The van der Waals surface area contributed by atoms with Crippen LogP contribution < -0.4 is 4.74 Å². The van der Waals surface area contributed by atoms with Crippen LogP contribution in [-0.4, -0.2) is 17.6 Å². The summed E-state index contributed by atoms with van der Waals surface area (Å²) >= 11 is 11.1. The van der Waals surface area contributed by atoms with Crippen LogP contribution in [0.15, 0.2) is 11.4 Å². The van der Waals surface area contributed by atoms with E-state index in [0.29, 0.717) is 10.6 Å². The number of hydrogen-bond acceptors (Lipinski definition) is 5. The van der Waals surface area contributed by atoms with Gasteiger partial charge in [0.2, 0.25) is 0 Å². The molecule has 0 saturated heterocycles. The molecule has 3 nitrogen and oxygen atoms in total. The van der Waals surface area contributed by atoms with Crippen molar-refractivity contribution in [3.05, 3.63) is 16.3 Å². The summed E-state index contributed by atoms with van der Waals surface area (Å²) in [5.41, 5.74) is 0. The van der Waals surface area contributed by atoms with Gasteiger partial charge in [0.15, 0.2) is 10.6 Å². The molecular formula is C7H5ClO3S2. The predicted octanol–water partition coefficient (Wildman–Crippen LogP) is 2.44. The summed E-state index contributed by atoms with van der Waals surface area (Å²) < 4.78 is 9.29. The van der Waals surface area contributed by atoms with Gasteiger partial charge in [0.25, 0.3) is 4.51 Å². The molecule has 1 heterocycles. The maximum absolute atomic E-state index is 11.1. The molecule has 1 aromatic heterocycles. The van der Waals surface area contributed by atoms with E-state index in [0.717, 1.165) is 0 Å². The van der Waals surface area contributed by atoms with E-state index in [1.54, 1.807) is 11.4 Å². The van der Waals surface area contributed by atoms with E-state index in [1.807, 2.05) is 0 Å². The molecule has 0 fully saturated rings. The molecule has 0 aliphatic rings. The highest BCUT2D eigenvalue weighted by Crippen LogP contribution is 2.26. The zero-order chi connectivity index (χ0) is 9.84. The lowest BCUT2D eigenvalue weighted by molar-refractivity contribution is 0.0604. The molecule has 0 saturated carbocycles. The van der Waals surface area contributed by atoms with Crippen molar-refractivity contribution in [2.75, 3.05) is 7.11 Å². The summed E-state index contributed by atoms with van der Waals surface area (Å²) in [5, 5.41) is 1.69. The molecule has 0 aliphatic carbocycles. The Morgan fingerprint density at radius 2 is 2.38 bits per heavy atom. The molecule has 0 aliphatic heterocycles. The van der Waals surface area contributed by atoms with Gasteiger partial charge in [0.05, 0.1) is 7.11 Å². The molecule has 0 atom stereocenters. The number of carbonyl (C=O) groups excluding carboxylic acids is 1. The lowest BCUT2D eigenvalue weighted by atomic mass is 10.4. The second kappa shape index (κ2) is 4.55. The lowest BCUT2D eigenvalue weighted by Gasteiger charge is -2.00. The van der Waals surface area contributed by atoms with E-state index >= 15 is 0 Å². The smallest absolute Gasteiger partial charge is 0.351 e. The standard InChI is InChI=1S/C7H5ClO3S2/c1-10-6(9)5-4(2-3-13-5)11-7(8)12/h2-3H,1H3. The number of esters is 1. The average molecular weight is 237 g/mol. The molecule has 0 unspecified atom stereocenters. The van der Waals surface area contributed by atoms with Crippen LogP contribution in [0, 0.1) is 0 Å². The third-order valence-electron chi connectivity index (χ3n) is 1.19. The van der Waals surface area contributed by atoms with Crippen LogP contribution in [0.25, 0.3) is 0 Å². The zero-order valence-corrected chi connectivity index (χ0v) is 8.96. The summed E-state index contributed by atoms with van der Waals surface area (Å²) in [5.74, 6) is -0.130. The molecule has 1 aromatic rings. The highest BCUT2D eigenvalue weighted by atomic mass is 35.5. The number of ether oxygens (including phenoxy) is 2. The fraction of sp³-hybridized carbons (Fsp3) is 0.143. The Morgan fingerprint density at radius 3 is 2.92 bits per heavy atom. The molecule has 0 radical (unpaired) electrons. The topological polar surface area (TPSA) is 35.5 Å². The van der Waals surface area contributed by atoms with Crippen molar-refractivity contribution in [3.8, 4) is 5.75 Å². The second-order valence-corrected chi connectivity index (χ2v) is 3.80. The Morgan fingerprint density at radius 1 is 1.69 bits per heavy atom. The van der Waals surface area contributed by atoms with Crippen LogP contribution in [0.1, 0.15) is 9.67 Å². The summed E-state index contributed by atoms with van der Waals surface area (Å²) in [6.07, 6.45) is 0. The highest BCUT2D eigenvalue weighted by molar-refractivity contribution is 7.82. The van der Waals surface area contributed by atoms with Crippen molar-refractivity contribution in [1.29, 1.82) is 0 Å². The fourth-order valence-corrected chi connectivity index (χ4v) is 1.61. The maximum atomic E-state index is 11.1. The number of methoxy groups -OCH3 is 1. The fourth-order valence-electron chi connectivity index (χ4n) is 0.706. The Hall–Kier alpha value is -0.650. The molecule has 0 N–H and O–H groups in total. The van der Waals surface area contributed by atoms with Crippen LogP contribution in [0.4, 0.5) is 0 Å². The molecule has 1 rings (SSSR count). The van der Waals surface area contributed by atoms with Crippen LogP contribution in [0.2, 0.25) is 0 Å². The summed E-state index contributed by atoms with van der Waals surface area (Å²) in [4.78, 5) is 11.5. The van der Waals surface area contributed by atoms with Gasteiger partial charge < -0.3 is 9.47 Å². The normalized spacial score (nSPS) is 9.38. The number of hydrogen-bond donors (Lipinski definition) is 0. The number of thiocarbonyl (C=S) groups is 1. The van der Waals surface area contributed by atoms with Gasteiger partial charge in [-0.1, -0.05) is 0 Å². The van der Waals surface area contributed by atoms with E-state index in [1.165, 1.54) is 18.4 Å². The van der Waals surface area contributed by atoms with E-state index in [2.05, 4.69) is 17.0 Å². The van der Waals surface area contributed by atoms with Crippen molar-refractivity contribution in [1.82, 2.24) is 0 Å². The third kappa shape index (κ3) is 2.65. The van der Waals surface area contributed by atoms with Gasteiger partial charge in [0, 0.05) is 0 Å². The van der Waals surface area contributed by atoms with E-state index in [9.17, 15) is 4.79 Å². The number of thiophene rings is 1. The van der Waals surface area contributed by atoms with E-state index < -0.39 is 5.97 Å². The third-order valence-corrected chi connectivity index (χ3v) is 2.23. The van der Waals surface area contributed by atoms with Crippen LogP contribution in [0.3, 0.4) is 0 Å². The summed E-state index contributed by atoms with van der Waals surface area (Å²) in [6, 6.07) is 1.60. The van der Waals surface area contributed by atoms with Gasteiger partial charge in [-0.15, -0.1) is 11.3 Å². The number of carbonyl (C=O) groups is 1. The first-order valence-electron chi connectivity index (χ1n) is 3.18. The molecule has 0 bridgehead atoms. The minimum atomic E-state index is -0.460. The van der Waals surface area contributed by atoms with Crippen molar-refractivity contribution >= 4 is 45.6 Å². The first-order valence-corrected chi connectivity index (χ1v) is 4.85. The maximum Gasteiger partial charge on any atom is 0.351 e.